The highest BCUT2D eigenvalue weighted by molar-refractivity contribution is 7.47. The van der Waals surface area contributed by atoms with Crippen LogP contribution < -0.4 is 0 Å². The highest BCUT2D eigenvalue weighted by Crippen LogP contribution is 2.14. The van der Waals surface area contributed by atoms with Gasteiger partial charge in [-0.25, -0.2) is 0 Å². The van der Waals surface area contributed by atoms with Gasteiger partial charge in [-0.2, -0.15) is 4.36 Å². The predicted octanol–water partition coefficient (Wildman–Crippen LogP) is 2.65. The zero-order valence-electron chi connectivity index (χ0n) is 7.23. The van der Waals surface area contributed by atoms with Crippen molar-refractivity contribution in [3.63, 3.8) is 0 Å². The van der Waals surface area contributed by atoms with Gasteiger partial charge in [0.15, 0.2) is 5.78 Å². The van der Waals surface area contributed by atoms with Gasteiger partial charge in [0.1, 0.15) is 0 Å². The standard InChI is InChI=1S/C10H9NOS/c1-8(12)5-6-9-3-2-4-10(7-9)11-13/h2-7H,1H3. The number of carbonyl (C=O) groups is 1. The lowest BCUT2D eigenvalue weighted by molar-refractivity contribution is -0.112. The van der Waals surface area contributed by atoms with Crippen molar-refractivity contribution in [1.29, 1.82) is 0 Å². The number of benzene rings is 1. The summed E-state index contributed by atoms with van der Waals surface area (Å²) in [6.45, 7) is 1.51. The first-order valence-electron chi connectivity index (χ1n) is 3.84. The highest BCUT2D eigenvalue weighted by Gasteiger charge is 1.90. The minimum absolute atomic E-state index is 0.0284. The zero-order valence-corrected chi connectivity index (χ0v) is 8.04. The van der Waals surface area contributed by atoms with E-state index in [2.05, 4.69) is 16.8 Å². The van der Waals surface area contributed by atoms with Crippen molar-refractivity contribution in [2.45, 2.75) is 6.92 Å². The van der Waals surface area contributed by atoms with Crippen LogP contribution in [-0.2, 0) is 17.2 Å². The normalized spacial score (nSPS) is 10.2. The van der Waals surface area contributed by atoms with E-state index >= 15 is 0 Å². The van der Waals surface area contributed by atoms with Gasteiger partial charge in [-0.05, 0) is 30.7 Å². The van der Waals surface area contributed by atoms with E-state index in [0.717, 1.165) is 11.3 Å². The smallest absolute Gasteiger partial charge is 0.152 e. The fraction of sp³-hybridized carbons (Fsp3) is 0.100. The topological polar surface area (TPSA) is 29.4 Å². The van der Waals surface area contributed by atoms with Gasteiger partial charge < -0.3 is 0 Å². The Balaban J connectivity index is 2.89. The molecular formula is C10H9NOS. The number of allylic oxidation sites excluding steroid dienone is 1. The van der Waals surface area contributed by atoms with E-state index in [9.17, 15) is 4.79 Å². The van der Waals surface area contributed by atoms with Gasteiger partial charge in [-0.3, -0.25) is 4.79 Å². The summed E-state index contributed by atoms with van der Waals surface area (Å²) >= 11 is 4.55. The summed E-state index contributed by atoms with van der Waals surface area (Å²) in [6, 6.07) is 7.39. The summed E-state index contributed by atoms with van der Waals surface area (Å²) in [7, 11) is 0. The molecule has 1 aromatic carbocycles. The van der Waals surface area contributed by atoms with Crippen LogP contribution >= 0.6 is 0 Å². The first kappa shape index (κ1) is 9.74. The van der Waals surface area contributed by atoms with Crippen LogP contribution in [0, 0.1) is 0 Å². The maximum absolute atomic E-state index is 10.6. The molecule has 0 saturated carbocycles. The average Bonchev–Trinajstić information content (AvgIpc) is 2.15. The molecule has 66 valence electrons. The van der Waals surface area contributed by atoms with Crippen LogP contribution in [0.25, 0.3) is 6.08 Å². The second kappa shape index (κ2) is 4.62. The molecule has 0 aliphatic carbocycles. The third-order valence-electron chi connectivity index (χ3n) is 1.49. The van der Waals surface area contributed by atoms with Gasteiger partial charge in [0.05, 0.1) is 5.69 Å². The first-order valence-corrected chi connectivity index (χ1v) is 4.21. The minimum atomic E-state index is 0.0284. The van der Waals surface area contributed by atoms with Gasteiger partial charge in [-0.15, -0.1) is 0 Å². The number of ketones is 1. The molecule has 2 nitrogen and oxygen atoms in total. The third-order valence-corrected chi connectivity index (χ3v) is 1.70. The summed E-state index contributed by atoms with van der Waals surface area (Å²) < 4.78 is 3.62. The molecule has 0 amide bonds. The molecule has 0 aromatic heterocycles. The molecular weight excluding hydrogens is 182 g/mol. The summed E-state index contributed by atoms with van der Waals surface area (Å²) in [4.78, 5) is 10.6. The number of hydrogen-bond donors (Lipinski definition) is 0. The summed E-state index contributed by atoms with van der Waals surface area (Å²) in [5, 5.41) is 0. The lowest BCUT2D eigenvalue weighted by Gasteiger charge is -1.93. The van der Waals surface area contributed by atoms with E-state index in [1.54, 1.807) is 6.08 Å². The van der Waals surface area contributed by atoms with Crippen molar-refractivity contribution in [1.82, 2.24) is 0 Å². The Labute approximate surface area is 82.5 Å². The molecule has 0 fully saturated rings. The lowest BCUT2D eigenvalue weighted by atomic mass is 10.2. The van der Waals surface area contributed by atoms with Crippen molar-refractivity contribution < 1.29 is 4.79 Å². The molecule has 1 aromatic rings. The van der Waals surface area contributed by atoms with Crippen LogP contribution in [0.3, 0.4) is 0 Å². The van der Waals surface area contributed by atoms with Gasteiger partial charge in [0.25, 0.3) is 0 Å². The molecule has 0 aliphatic rings. The molecule has 0 spiro atoms. The Morgan fingerprint density at radius 2 is 2.31 bits per heavy atom. The molecule has 0 atom stereocenters. The quantitative estimate of drug-likeness (QED) is 0.687. The SMILES string of the molecule is CC(=O)C=Cc1cccc(N=S)c1. The molecule has 0 radical (unpaired) electrons. The van der Waals surface area contributed by atoms with Crippen LogP contribution in [-0.4, -0.2) is 5.78 Å². The van der Waals surface area contributed by atoms with Gasteiger partial charge in [0, 0.05) is 12.4 Å². The molecule has 0 unspecified atom stereocenters. The highest BCUT2D eigenvalue weighted by atomic mass is 32.1. The summed E-state index contributed by atoms with van der Waals surface area (Å²) in [5.41, 5.74) is 1.67. The molecule has 0 N–H and O–H groups in total. The van der Waals surface area contributed by atoms with Crippen molar-refractivity contribution >= 4 is 30.0 Å². The first-order chi connectivity index (χ1) is 6.22. The molecule has 0 heterocycles. The Hall–Kier alpha value is -1.35. The van der Waals surface area contributed by atoms with E-state index in [0.29, 0.717) is 0 Å². The van der Waals surface area contributed by atoms with Crippen molar-refractivity contribution in [2.24, 2.45) is 4.36 Å². The molecule has 0 saturated heterocycles. The zero-order chi connectivity index (χ0) is 9.68. The van der Waals surface area contributed by atoms with Crippen LogP contribution in [0.4, 0.5) is 5.69 Å². The van der Waals surface area contributed by atoms with E-state index in [4.69, 9.17) is 0 Å². The number of rotatable bonds is 3. The fourth-order valence-electron chi connectivity index (χ4n) is 0.899. The maximum Gasteiger partial charge on any atom is 0.152 e. The lowest BCUT2D eigenvalue weighted by Crippen LogP contribution is -1.79. The Morgan fingerprint density at radius 1 is 1.54 bits per heavy atom. The second-order valence-electron chi connectivity index (χ2n) is 2.63. The summed E-state index contributed by atoms with van der Waals surface area (Å²) in [5.74, 6) is 0.0284. The Morgan fingerprint density at radius 3 is 2.92 bits per heavy atom. The molecule has 13 heavy (non-hydrogen) atoms. The third kappa shape index (κ3) is 3.25. The largest absolute Gasteiger partial charge is 0.295 e. The molecule has 0 bridgehead atoms. The number of carbonyl (C=O) groups excluding carboxylic acids is 1. The van der Waals surface area contributed by atoms with Gasteiger partial charge >= 0.3 is 0 Å². The molecule has 1 rings (SSSR count). The van der Waals surface area contributed by atoms with Crippen LogP contribution in [0.2, 0.25) is 0 Å². The summed E-state index contributed by atoms with van der Waals surface area (Å²) in [6.07, 6.45) is 3.26. The maximum atomic E-state index is 10.6. The minimum Gasteiger partial charge on any atom is -0.295 e. The van der Waals surface area contributed by atoms with Crippen LogP contribution in [0.15, 0.2) is 34.7 Å². The monoisotopic (exact) mass is 191 g/mol. The van der Waals surface area contributed by atoms with Crippen molar-refractivity contribution in [3.05, 3.63) is 35.9 Å². The van der Waals surface area contributed by atoms with Gasteiger partial charge in [-0.1, -0.05) is 18.2 Å². The molecule has 0 aliphatic heterocycles. The van der Waals surface area contributed by atoms with E-state index in [1.807, 2.05) is 24.3 Å². The Kier molecular flexibility index (Phi) is 3.46. The van der Waals surface area contributed by atoms with Crippen molar-refractivity contribution in [2.75, 3.05) is 0 Å². The van der Waals surface area contributed by atoms with Crippen LogP contribution in [0.5, 0.6) is 0 Å². The number of nitrogens with zero attached hydrogens (tertiary/aromatic N) is 1. The average molecular weight is 191 g/mol. The van der Waals surface area contributed by atoms with Crippen molar-refractivity contribution in [3.8, 4) is 0 Å². The molecule has 3 heteroatoms. The van der Waals surface area contributed by atoms with Gasteiger partial charge in [0.2, 0.25) is 0 Å². The van der Waals surface area contributed by atoms with E-state index < -0.39 is 0 Å². The van der Waals surface area contributed by atoms with Crippen LogP contribution in [0.1, 0.15) is 12.5 Å². The number of hydrogen-bond acceptors (Lipinski definition) is 3. The predicted molar refractivity (Wildman–Crippen MR) is 55.6 cm³/mol. The van der Waals surface area contributed by atoms with E-state index in [-0.39, 0.29) is 5.78 Å². The fourth-order valence-corrected chi connectivity index (χ4v) is 1.01. The van der Waals surface area contributed by atoms with E-state index in [1.165, 1.54) is 13.0 Å². The Bertz CT molecular complexity index is 358. The second-order valence-corrected chi connectivity index (χ2v) is 2.81.